The van der Waals surface area contributed by atoms with Crippen molar-refractivity contribution in [3.05, 3.63) is 131 Å². The maximum atomic E-state index is 14.0. The van der Waals surface area contributed by atoms with Crippen LogP contribution in [0, 0.1) is 13.8 Å². The van der Waals surface area contributed by atoms with E-state index in [1.807, 2.05) is 110 Å². The van der Waals surface area contributed by atoms with Gasteiger partial charge in [0.1, 0.15) is 6.04 Å². The van der Waals surface area contributed by atoms with Crippen LogP contribution in [0.1, 0.15) is 34.8 Å². The van der Waals surface area contributed by atoms with Crippen LogP contribution in [-0.2, 0) is 4.79 Å². The van der Waals surface area contributed by atoms with E-state index in [-0.39, 0.29) is 11.5 Å². The molecule has 0 saturated carbocycles. The number of allylic oxidation sites excluding steroid dienone is 1. The van der Waals surface area contributed by atoms with Crippen LogP contribution < -0.4 is 20.2 Å². The SMILES string of the molecule is CC1=C(C(=O)Nc2ccccc2)C(c2cccs2)n2c(s/c(=C/c3c(C)nn(-c4ccccc4)c3C)c2=O)=N1. The second-order valence-corrected chi connectivity index (χ2v) is 11.2. The van der Waals surface area contributed by atoms with E-state index in [1.165, 1.54) is 22.7 Å². The Balaban J connectivity index is 1.48. The van der Waals surface area contributed by atoms with E-state index in [0.717, 1.165) is 27.5 Å². The fourth-order valence-electron chi connectivity index (χ4n) is 4.86. The van der Waals surface area contributed by atoms with Gasteiger partial charge >= 0.3 is 0 Å². The Kier molecular flexibility index (Phi) is 6.46. The molecule has 0 fully saturated rings. The van der Waals surface area contributed by atoms with Gasteiger partial charge in [-0.2, -0.15) is 5.10 Å². The molecule has 0 spiro atoms. The highest BCUT2D eigenvalue weighted by molar-refractivity contribution is 7.10. The minimum atomic E-state index is -0.568. The smallest absolute Gasteiger partial charge is 0.271 e. The number of nitrogens with one attached hydrogen (secondary N) is 1. The predicted octanol–water partition coefficient (Wildman–Crippen LogP) is 4.74. The number of aromatic nitrogens is 3. The summed E-state index contributed by atoms with van der Waals surface area (Å²) < 4.78 is 4.09. The monoisotopic (exact) mass is 551 g/mol. The van der Waals surface area contributed by atoms with Gasteiger partial charge in [-0.05, 0) is 62.6 Å². The molecule has 0 bridgehead atoms. The summed E-state index contributed by atoms with van der Waals surface area (Å²) in [6.07, 6.45) is 1.90. The van der Waals surface area contributed by atoms with Gasteiger partial charge in [0.05, 0.1) is 27.2 Å². The minimum absolute atomic E-state index is 0.180. The van der Waals surface area contributed by atoms with Gasteiger partial charge < -0.3 is 5.32 Å². The van der Waals surface area contributed by atoms with Gasteiger partial charge in [-0.15, -0.1) is 11.3 Å². The number of para-hydroxylation sites is 2. The average molecular weight is 552 g/mol. The summed E-state index contributed by atoms with van der Waals surface area (Å²) in [7, 11) is 0. The molecule has 7 nitrogen and oxygen atoms in total. The molecule has 194 valence electrons. The summed E-state index contributed by atoms with van der Waals surface area (Å²) in [5.41, 5.74) is 5.20. The number of thiophene rings is 1. The van der Waals surface area contributed by atoms with Crippen molar-refractivity contribution in [3.63, 3.8) is 0 Å². The summed E-state index contributed by atoms with van der Waals surface area (Å²) in [5.74, 6) is -0.272. The lowest BCUT2D eigenvalue weighted by Gasteiger charge is -2.24. The Morgan fingerprint density at radius 1 is 0.974 bits per heavy atom. The number of carbonyl (C=O) groups is 1. The molecule has 1 aliphatic heterocycles. The molecule has 0 saturated heterocycles. The number of anilines is 1. The van der Waals surface area contributed by atoms with Gasteiger partial charge in [0.15, 0.2) is 4.80 Å². The van der Waals surface area contributed by atoms with Gasteiger partial charge in [0, 0.05) is 21.8 Å². The molecule has 6 rings (SSSR count). The Morgan fingerprint density at radius 2 is 1.69 bits per heavy atom. The van der Waals surface area contributed by atoms with Crippen molar-refractivity contribution in [1.82, 2.24) is 14.3 Å². The van der Waals surface area contributed by atoms with Crippen molar-refractivity contribution < 1.29 is 4.79 Å². The molecule has 2 aromatic carbocycles. The molecule has 0 aliphatic carbocycles. The standard InChI is InChI=1S/C30H25N5O2S2/c1-18-23(20(3)35(33-18)22-13-8-5-9-14-22)17-25-29(37)34-27(24-15-10-16-38-24)26(19(2)31-30(34)39-25)28(36)32-21-11-6-4-7-12-21/h4-17,27H,1-3H3,(H,32,36)/b25-17+. The van der Waals surface area contributed by atoms with Gasteiger partial charge in [-0.25, -0.2) is 9.67 Å². The first-order chi connectivity index (χ1) is 18.9. The molecular formula is C30H25N5O2S2. The topological polar surface area (TPSA) is 81.3 Å². The number of nitrogens with zero attached hydrogens (tertiary/aromatic N) is 4. The van der Waals surface area contributed by atoms with Crippen molar-refractivity contribution in [1.29, 1.82) is 0 Å². The Bertz CT molecular complexity index is 1900. The molecule has 1 aliphatic rings. The maximum Gasteiger partial charge on any atom is 0.271 e. The molecular weight excluding hydrogens is 526 g/mol. The van der Waals surface area contributed by atoms with E-state index in [4.69, 9.17) is 10.1 Å². The molecule has 1 unspecified atom stereocenters. The molecule has 4 heterocycles. The van der Waals surface area contributed by atoms with Crippen LogP contribution in [0.15, 0.2) is 99.2 Å². The van der Waals surface area contributed by atoms with E-state index in [0.29, 0.717) is 26.3 Å². The summed E-state index contributed by atoms with van der Waals surface area (Å²) in [6, 6.07) is 22.6. The lowest BCUT2D eigenvalue weighted by atomic mass is 10.0. The van der Waals surface area contributed by atoms with Crippen molar-refractivity contribution in [2.45, 2.75) is 26.8 Å². The summed E-state index contributed by atoms with van der Waals surface area (Å²) in [6.45, 7) is 5.77. The average Bonchev–Trinajstić information content (AvgIpc) is 3.65. The van der Waals surface area contributed by atoms with Crippen LogP contribution in [0.3, 0.4) is 0 Å². The van der Waals surface area contributed by atoms with E-state index in [1.54, 1.807) is 4.57 Å². The number of amides is 1. The van der Waals surface area contributed by atoms with Gasteiger partial charge in [0.2, 0.25) is 0 Å². The first-order valence-corrected chi connectivity index (χ1v) is 14.2. The highest BCUT2D eigenvalue weighted by Crippen LogP contribution is 2.33. The van der Waals surface area contributed by atoms with Crippen LogP contribution >= 0.6 is 22.7 Å². The predicted molar refractivity (Wildman–Crippen MR) is 156 cm³/mol. The highest BCUT2D eigenvalue weighted by atomic mass is 32.1. The zero-order valence-corrected chi connectivity index (χ0v) is 23.2. The maximum absolute atomic E-state index is 14.0. The van der Waals surface area contributed by atoms with Gasteiger partial charge in [0.25, 0.3) is 11.5 Å². The lowest BCUT2D eigenvalue weighted by Crippen LogP contribution is -2.40. The molecule has 39 heavy (non-hydrogen) atoms. The van der Waals surface area contributed by atoms with E-state index in [9.17, 15) is 9.59 Å². The fourth-order valence-corrected chi connectivity index (χ4v) is 6.72. The quantitative estimate of drug-likeness (QED) is 0.343. The largest absolute Gasteiger partial charge is 0.322 e. The minimum Gasteiger partial charge on any atom is -0.322 e. The number of fused-ring (bicyclic) bond motifs is 1. The van der Waals surface area contributed by atoms with Crippen molar-refractivity contribution in [2.75, 3.05) is 5.32 Å². The molecule has 5 aromatic rings. The Labute approximate surface area is 232 Å². The van der Waals surface area contributed by atoms with Crippen LogP contribution in [0.5, 0.6) is 0 Å². The molecule has 1 N–H and O–H groups in total. The van der Waals surface area contributed by atoms with Gasteiger partial charge in [-0.1, -0.05) is 53.8 Å². The fraction of sp³-hybridized carbons (Fsp3) is 0.133. The number of thiazole rings is 1. The number of carbonyl (C=O) groups excluding carboxylic acids is 1. The Hall–Kier alpha value is -4.34. The first kappa shape index (κ1) is 25.0. The third-order valence-electron chi connectivity index (χ3n) is 6.73. The van der Waals surface area contributed by atoms with E-state index < -0.39 is 6.04 Å². The Morgan fingerprint density at radius 3 is 2.38 bits per heavy atom. The number of rotatable bonds is 5. The third kappa shape index (κ3) is 4.49. The molecule has 1 atom stereocenters. The molecule has 0 radical (unpaired) electrons. The number of hydrogen-bond donors (Lipinski definition) is 1. The van der Waals surface area contributed by atoms with E-state index >= 15 is 0 Å². The molecule has 9 heteroatoms. The van der Waals surface area contributed by atoms with Gasteiger partial charge in [-0.3, -0.25) is 14.2 Å². The van der Waals surface area contributed by atoms with Crippen LogP contribution in [0.2, 0.25) is 0 Å². The second-order valence-electron chi connectivity index (χ2n) is 9.25. The normalized spacial score (nSPS) is 15.3. The zero-order chi connectivity index (χ0) is 27.1. The zero-order valence-electron chi connectivity index (χ0n) is 21.6. The van der Waals surface area contributed by atoms with Crippen molar-refractivity contribution in [2.24, 2.45) is 4.99 Å². The highest BCUT2D eigenvalue weighted by Gasteiger charge is 2.33. The number of aryl methyl sites for hydroxylation is 1. The molecule has 3 aromatic heterocycles. The summed E-state index contributed by atoms with van der Waals surface area (Å²) >= 11 is 2.85. The molecule has 1 amide bonds. The number of hydrogen-bond acceptors (Lipinski definition) is 6. The second kappa shape index (κ2) is 10.1. The van der Waals surface area contributed by atoms with Crippen LogP contribution in [-0.4, -0.2) is 20.3 Å². The van der Waals surface area contributed by atoms with Crippen molar-refractivity contribution in [3.8, 4) is 5.69 Å². The third-order valence-corrected chi connectivity index (χ3v) is 8.64. The lowest BCUT2D eigenvalue weighted by molar-refractivity contribution is -0.113. The summed E-state index contributed by atoms with van der Waals surface area (Å²) in [5, 5.41) is 9.67. The van der Waals surface area contributed by atoms with Crippen LogP contribution in [0.25, 0.3) is 11.8 Å². The van der Waals surface area contributed by atoms with Crippen LogP contribution in [0.4, 0.5) is 5.69 Å². The van der Waals surface area contributed by atoms with Crippen molar-refractivity contribution >= 4 is 40.3 Å². The first-order valence-electron chi connectivity index (χ1n) is 12.5. The summed E-state index contributed by atoms with van der Waals surface area (Å²) in [4.78, 5) is 33.7. The number of benzene rings is 2. The van der Waals surface area contributed by atoms with E-state index in [2.05, 4.69) is 5.32 Å².